The molecule has 0 aromatic carbocycles. The van der Waals surface area contributed by atoms with Crippen LogP contribution in [0.4, 0.5) is 0 Å². The van der Waals surface area contributed by atoms with Gasteiger partial charge in [-0.05, 0) is 38.1 Å². The van der Waals surface area contributed by atoms with Crippen molar-refractivity contribution in [1.82, 2.24) is 9.80 Å². The van der Waals surface area contributed by atoms with Crippen molar-refractivity contribution in [2.75, 3.05) is 52.5 Å². The lowest BCUT2D eigenvalue weighted by molar-refractivity contribution is 0.0356. The van der Waals surface area contributed by atoms with E-state index in [2.05, 4.69) is 16.7 Å². The summed E-state index contributed by atoms with van der Waals surface area (Å²) in [5, 5.41) is 0. The molecule has 0 amide bonds. The molecule has 2 N–H and O–H groups in total. The number of nitrogens with two attached hydrogens (primary N) is 1. The summed E-state index contributed by atoms with van der Waals surface area (Å²) in [6, 6.07) is 0.704. The zero-order chi connectivity index (χ0) is 13.5. The Morgan fingerprint density at radius 3 is 2.42 bits per heavy atom. The second-order valence-electron chi connectivity index (χ2n) is 6.03. The molecule has 0 radical (unpaired) electrons. The maximum Gasteiger partial charge on any atom is 0.0469 e. The average Bonchev–Trinajstić information content (AvgIpc) is 2.47. The standard InChI is InChI=1S/C15H31N3O/c1-2-15(3-6-16)18-9-7-17(8-10-18)13-14-4-11-19-12-5-14/h14-15H,2-13,16H2,1H3. The molecule has 4 heteroatoms. The molecule has 2 heterocycles. The molecule has 0 aliphatic carbocycles. The molecule has 2 fully saturated rings. The van der Waals surface area contributed by atoms with Crippen LogP contribution in [0, 0.1) is 5.92 Å². The predicted molar refractivity (Wildman–Crippen MR) is 79.3 cm³/mol. The first-order chi connectivity index (χ1) is 9.33. The third-order valence-corrected chi connectivity index (χ3v) is 4.75. The van der Waals surface area contributed by atoms with E-state index in [4.69, 9.17) is 10.5 Å². The summed E-state index contributed by atoms with van der Waals surface area (Å²) >= 11 is 0. The Balaban J connectivity index is 1.69. The van der Waals surface area contributed by atoms with Crippen LogP contribution in [-0.2, 0) is 4.74 Å². The van der Waals surface area contributed by atoms with Gasteiger partial charge in [0.25, 0.3) is 0 Å². The molecule has 1 atom stereocenters. The van der Waals surface area contributed by atoms with E-state index < -0.39 is 0 Å². The van der Waals surface area contributed by atoms with E-state index in [0.29, 0.717) is 6.04 Å². The molecule has 0 aromatic rings. The van der Waals surface area contributed by atoms with Gasteiger partial charge in [-0.1, -0.05) is 6.92 Å². The third-order valence-electron chi connectivity index (χ3n) is 4.75. The highest BCUT2D eigenvalue weighted by atomic mass is 16.5. The van der Waals surface area contributed by atoms with Gasteiger partial charge in [0.1, 0.15) is 0 Å². The van der Waals surface area contributed by atoms with Crippen LogP contribution in [0.2, 0.25) is 0 Å². The Kier molecular flexibility index (Phi) is 6.57. The summed E-state index contributed by atoms with van der Waals surface area (Å²) in [6.07, 6.45) is 4.89. The van der Waals surface area contributed by atoms with E-state index in [1.54, 1.807) is 0 Å². The number of hydrogen-bond acceptors (Lipinski definition) is 4. The molecule has 1 unspecified atom stereocenters. The minimum atomic E-state index is 0.704. The Labute approximate surface area is 118 Å². The molecule has 0 bridgehead atoms. The van der Waals surface area contributed by atoms with Gasteiger partial charge in [-0.3, -0.25) is 4.90 Å². The van der Waals surface area contributed by atoms with Crippen LogP contribution >= 0.6 is 0 Å². The van der Waals surface area contributed by atoms with Crippen molar-refractivity contribution >= 4 is 0 Å². The second-order valence-corrected chi connectivity index (χ2v) is 6.03. The predicted octanol–water partition coefficient (Wildman–Crippen LogP) is 1.16. The van der Waals surface area contributed by atoms with Gasteiger partial charge in [-0.25, -0.2) is 0 Å². The molecule has 2 rings (SSSR count). The van der Waals surface area contributed by atoms with Crippen LogP contribution in [0.25, 0.3) is 0 Å². The van der Waals surface area contributed by atoms with Crippen LogP contribution in [0.15, 0.2) is 0 Å². The summed E-state index contributed by atoms with van der Waals surface area (Å²) in [5.41, 5.74) is 5.71. The van der Waals surface area contributed by atoms with Crippen molar-refractivity contribution in [3.8, 4) is 0 Å². The fourth-order valence-corrected chi connectivity index (χ4v) is 3.44. The summed E-state index contributed by atoms with van der Waals surface area (Å²) in [4.78, 5) is 5.30. The molecule has 2 aliphatic heterocycles. The lowest BCUT2D eigenvalue weighted by Gasteiger charge is -2.40. The molecule has 2 saturated heterocycles. The SMILES string of the molecule is CCC(CCN)N1CCN(CC2CCOCC2)CC1. The van der Waals surface area contributed by atoms with Crippen molar-refractivity contribution in [1.29, 1.82) is 0 Å². The van der Waals surface area contributed by atoms with E-state index in [-0.39, 0.29) is 0 Å². The number of piperazine rings is 1. The number of ether oxygens (including phenoxy) is 1. The van der Waals surface area contributed by atoms with Gasteiger partial charge in [0.15, 0.2) is 0 Å². The van der Waals surface area contributed by atoms with E-state index in [0.717, 1.165) is 32.1 Å². The summed E-state index contributed by atoms with van der Waals surface area (Å²) in [5.74, 6) is 0.867. The first kappa shape index (κ1) is 15.2. The van der Waals surface area contributed by atoms with Crippen molar-refractivity contribution < 1.29 is 4.74 Å². The smallest absolute Gasteiger partial charge is 0.0469 e. The van der Waals surface area contributed by atoms with Crippen LogP contribution in [-0.4, -0.2) is 68.3 Å². The number of rotatable bonds is 6. The van der Waals surface area contributed by atoms with Crippen LogP contribution in [0.1, 0.15) is 32.6 Å². The number of hydrogen-bond donors (Lipinski definition) is 1. The molecule has 19 heavy (non-hydrogen) atoms. The van der Waals surface area contributed by atoms with Crippen LogP contribution in [0.3, 0.4) is 0 Å². The molecule has 112 valence electrons. The van der Waals surface area contributed by atoms with Crippen molar-refractivity contribution in [3.63, 3.8) is 0 Å². The summed E-state index contributed by atoms with van der Waals surface area (Å²) < 4.78 is 5.44. The molecular weight excluding hydrogens is 238 g/mol. The van der Waals surface area contributed by atoms with E-state index in [9.17, 15) is 0 Å². The summed E-state index contributed by atoms with van der Waals surface area (Å²) in [6.45, 7) is 11.2. The lowest BCUT2D eigenvalue weighted by Crippen LogP contribution is -2.51. The van der Waals surface area contributed by atoms with E-state index in [1.165, 1.54) is 52.0 Å². The van der Waals surface area contributed by atoms with Gasteiger partial charge in [0, 0.05) is 52.0 Å². The Bertz CT molecular complexity index is 236. The van der Waals surface area contributed by atoms with Gasteiger partial charge >= 0.3 is 0 Å². The van der Waals surface area contributed by atoms with Crippen LogP contribution in [0.5, 0.6) is 0 Å². The zero-order valence-corrected chi connectivity index (χ0v) is 12.5. The zero-order valence-electron chi connectivity index (χ0n) is 12.5. The third kappa shape index (κ3) is 4.71. The topological polar surface area (TPSA) is 41.7 Å². The highest BCUT2D eigenvalue weighted by molar-refractivity contribution is 4.80. The largest absolute Gasteiger partial charge is 0.381 e. The van der Waals surface area contributed by atoms with Crippen molar-refractivity contribution in [2.24, 2.45) is 11.7 Å². The highest BCUT2D eigenvalue weighted by Gasteiger charge is 2.24. The molecule has 2 aliphatic rings. The fourth-order valence-electron chi connectivity index (χ4n) is 3.44. The van der Waals surface area contributed by atoms with Crippen molar-refractivity contribution in [3.05, 3.63) is 0 Å². The monoisotopic (exact) mass is 269 g/mol. The van der Waals surface area contributed by atoms with Gasteiger partial charge in [-0.2, -0.15) is 0 Å². The number of nitrogens with zero attached hydrogens (tertiary/aromatic N) is 2. The molecular formula is C15H31N3O. The molecule has 0 spiro atoms. The van der Waals surface area contributed by atoms with Crippen molar-refractivity contribution in [2.45, 2.75) is 38.6 Å². The van der Waals surface area contributed by atoms with E-state index >= 15 is 0 Å². The molecule has 4 nitrogen and oxygen atoms in total. The Morgan fingerprint density at radius 2 is 1.84 bits per heavy atom. The van der Waals surface area contributed by atoms with Gasteiger partial charge in [0.05, 0.1) is 0 Å². The van der Waals surface area contributed by atoms with Gasteiger partial charge in [0.2, 0.25) is 0 Å². The minimum absolute atomic E-state index is 0.704. The Morgan fingerprint density at radius 1 is 1.16 bits per heavy atom. The molecule has 0 aromatic heterocycles. The molecule has 0 saturated carbocycles. The van der Waals surface area contributed by atoms with Gasteiger partial charge in [-0.15, -0.1) is 0 Å². The first-order valence-corrected chi connectivity index (χ1v) is 8.07. The highest BCUT2D eigenvalue weighted by Crippen LogP contribution is 2.18. The normalized spacial score (nSPS) is 25.6. The van der Waals surface area contributed by atoms with E-state index in [1.807, 2.05) is 0 Å². The fraction of sp³-hybridized carbons (Fsp3) is 1.00. The van der Waals surface area contributed by atoms with Gasteiger partial charge < -0.3 is 15.4 Å². The lowest BCUT2D eigenvalue weighted by atomic mass is 9.99. The second kappa shape index (κ2) is 8.20. The minimum Gasteiger partial charge on any atom is -0.381 e. The maximum absolute atomic E-state index is 5.71. The average molecular weight is 269 g/mol. The maximum atomic E-state index is 5.71. The quantitative estimate of drug-likeness (QED) is 0.786. The summed E-state index contributed by atoms with van der Waals surface area (Å²) in [7, 11) is 0. The first-order valence-electron chi connectivity index (χ1n) is 8.07. The van der Waals surface area contributed by atoms with Crippen LogP contribution < -0.4 is 5.73 Å². The Hall–Kier alpha value is -0.160.